The van der Waals surface area contributed by atoms with Gasteiger partial charge in [-0.15, -0.1) is 0 Å². The van der Waals surface area contributed by atoms with Crippen LogP contribution in [0.15, 0.2) is 30.3 Å². The van der Waals surface area contributed by atoms with Crippen LogP contribution in [0, 0.1) is 17.0 Å². The van der Waals surface area contributed by atoms with Gasteiger partial charge in [-0.1, -0.05) is 11.6 Å². The van der Waals surface area contributed by atoms with Gasteiger partial charge in [-0.05, 0) is 19.1 Å². The molecule has 19 heavy (non-hydrogen) atoms. The monoisotopic (exact) mass is 279 g/mol. The third kappa shape index (κ3) is 2.92. The first-order valence-electron chi connectivity index (χ1n) is 5.32. The third-order valence-electron chi connectivity index (χ3n) is 2.44. The van der Waals surface area contributed by atoms with Gasteiger partial charge in [0.05, 0.1) is 21.3 Å². The molecule has 0 saturated carbocycles. The molecule has 98 valence electrons. The summed E-state index contributed by atoms with van der Waals surface area (Å²) in [6.45, 7) is 1.75. The molecule has 0 spiro atoms. The van der Waals surface area contributed by atoms with Crippen LogP contribution in [0.5, 0.6) is 11.6 Å². The topological polar surface area (TPSA) is 91.3 Å². The largest absolute Gasteiger partial charge is 0.437 e. The quantitative estimate of drug-likeness (QED) is 0.687. The highest BCUT2D eigenvalue weighted by Crippen LogP contribution is 2.32. The molecule has 2 rings (SSSR count). The highest BCUT2D eigenvalue weighted by Gasteiger charge is 2.11. The fourth-order valence-corrected chi connectivity index (χ4v) is 1.62. The van der Waals surface area contributed by atoms with Crippen LogP contribution in [0.25, 0.3) is 0 Å². The highest BCUT2D eigenvalue weighted by molar-refractivity contribution is 6.32. The number of aromatic nitrogens is 1. The number of nitrogen functional groups attached to an aromatic ring is 1. The molecular formula is C12H10ClN3O3. The van der Waals surface area contributed by atoms with Crippen LogP contribution in [-0.2, 0) is 0 Å². The average molecular weight is 280 g/mol. The maximum absolute atomic E-state index is 10.6. The lowest BCUT2D eigenvalue weighted by atomic mass is 10.3. The minimum Gasteiger partial charge on any atom is -0.437 e. The lowest BCUT2D eigenvalue weighted by Crippen LogP contribution is -1.96. The van der Waals surface area contributed by atoms with E-state index in [2.05, 4.69) is 4.98 Å². The number of nitrogens with zero attached hydrogens (tertiary/aromatic N) is 2. The van der Waals surface area contributed by atoms with Gasteiger partial charge in [0.15, 0.2) is 0 Å². The Hall–Kier alpha value is -2.34. The van der Waals surface area contributed by atoms with Crippen molar-refractivity contribution in [1.82, 2.24) is 4.98 Å². The summed E-state index contributed by atoms with van der Waals surface area (Å²) in [6, 6.07) is 7.22. The van der Waals surface area contributed by atoms with E-state index >= 15 is 0 Å². The summed E-state index contributed by atoms with van der Waals surface area (Å²) in [6.07, 6.45) is 0. The van der Waals surface area contributed by atoms with Gasteiger partial charge in [0, 0.05) is 18.2 Å². The average Bonchev–Trinajstić information content (AvgIpc) is 2.36. The standard InChI is InChI=1S/C12H10ClN3O3/c1-7-10(14)3-5-12(15-7)19-11-4-2-8(16(17)18)6-9(11)13/h2-6H,14H2,1H3. The molecule has 0 unspecified atom stereocenters. The summed E-state index contributed by atoms with van der Waals surface area (Å²) >= 11 is 5.91. The van der Waals surface area contributed by atoms with E-state index < -0.39 is 4.92 Å². The first-order chi connectivity index (χ1) is 8.97. The molecule has 2 N–H and O–H groups in total. The molecule has 0 saturated heterocycles. The summed E-state index contributed by atoms with van der Waals surface area (Å²) in [5, 5.41) is 10.7. The van der Waals surface area contributed by atoms with Gasteiger partial charge in [0.1, 0.15) is 5.75 Å². The molecule has 1 aromatic carbocycles. The van der Waals surface area contributed by atoms with Gasteiger partial charge in [-0.25, -0.2) is 4.98 Å². The molecule has 1 heterocycles. The second-order valence-electron chi connectivity index (χ2n) is 3.80. The maximum Gasteiger partial charge on any atom is 0.271 e. The zero-order valence-electron chi connectivity index (χ0n) is 9.96. The fraction of sp³-hybridized carbons (Fsp3) is 0.0833. The minimum absolute atomic E-state index is 0.0983. The number of benzene rings is 1. The Labute approximate surface area is 113 Å². The smallest absolute Gasteiger partial charge is 0.271 e. The summed E-state index contributed by atoms with van der Waals surface area (Å²) in [5.41, 5.74) is 6.74. The highest BCUT2D eigenvalue weighted by atomic mass is 35.5. The molecular weight excluding hydrogens is 270 g/mol. The van der Waals surface area contributed by atoms with Crippen LogP contribution >= 0.6 is 11.6 Å². The van der Waals surface area contributed by atoms with Crippen molar-refractivity contribution in [2.45, 2.75) is 6.92 Å². The second kappa shape index (κ2) is 5.11. The number of nitro groups is 1. The Kier molecular flexibility index (Phi) is 3.52. The minimum atomic E-state index is -0.527. The number of nitrogens with two attached hydrogens (primary N) is 1. The number of nitro benzene ring substituents is 1. The van der Waals surface area contributed by atoms with E-state index in [1.54, 1.807) is 19.1 Å². The molecule has 1 aromatic heterocycles. The Morgan fingerprint density at radius 3 is 2.68 bits per heavy atom. The SMILES string of the molecule is Cc1nc(Oc2ccc([N+](=O)[O-])cc2Cl)ccc1N. The Morgan fingerprint density at radius 2 is 2.11 bits per heavy atom. The number of halogens is 1. The molecule has 0 radical (unpaired) electrons. The molecule has 0 atom stereocenters. The molecule has 2 aromatic rings. The van der Waals surface area contributed by atoms with E-state index in [9.17, 15) is 10.1 Å². The normalized spacial score (nSPS) is 10.2. The number of hydrogen-bond acceptors (Lipinski definition) is 5. The van der Waals surface area contributed by atoms with E-state index in [4.69, 9.17) is 22.1 Å². The fourth-order valence-electron chi connectivity index (χ4n) is 1.40. The van der Waals surface area contributed by atoms with Gasteiger partial charge in [-0.2, -0.15) is 0 Å². The number of non-ortho nitro benzene ring substituents is 1. The predicted octanol–water partition coefficient (Wildman–Crippen LogP) is 3.33. The summed E-state index contributed by atoms with van der Waals surface area (Å²) in [7, 11) is 0. The van der Waals surface area contributed by atoms with Crippen molar-refractivity contribution in [2.75, 3.05) is 5.73 Å². The number of anilines is 1. The van der Waals surface area contributed by atoms with Crippen molar-refractivity contribution in [3.05, 3.63) is 51.2 Å². The van der Waals surface area contributed by atoms with E-state index in [-0.39, 0.29) is 10.7 Å². The number of hydrogen-bond donors (Lipinski definition) is 1. The van der Waals surface area contributed by atoms with Gasteiger partial charge in [0.25, 0.3) is 5.69 Å². The molecule has 7 heteroatoms. The zero-order valence-corrected chi connectivity index (χ0v) is 10.7. The molecule has 6 nitrogen and oxygen atoms in total. The number of ether oxygens (including phenoxy) is 1. The van der Waals surface area contributed by atoms with E-state index in [0.717, 1.165) is 0 Å². The number of aryl methyl sites for hydroxylation is 1. The van der Waals surface area contributed by atoms with Crippen molar-refractivity contribution in [3.8, 4) is 11.6 Å². The van der Waals surface area contributed by atoms with Gasteiger partial charge >= 0.3 is 0 Å². The third-order valence-corrected chi connectivity index (χ3v) is 2.74. The van der Waals surface area contributed by atoms with Crippen molar-refractivity contribution in [1.29, 1.82) is 0 Å². The Balaban J connectivity index is 2.28. The number of rotatable bonds is 3. The zero-order chi connectivity index (χ0) is 14.0. The molecule has 0 aliphatic rings. The summed E-state index contributed by atoms with van der Waals surface area (Å²) in [4.78, 5) is 14.2. The van der Waals surface area contributed by atoms with Crippen LogP contribution in [0.2, 0.25) is 5.02 Å². The van der Waals surface area contributed by atoms with Crippen molar-refractivity contribution >= 4 is 23.0 Å². The molecule has 0 amide bonds. The summed E-state index contributed by atoms with van der Waals surface area (Å²) < 4.78 is 5.46. The van der Waals surface area contributed by atoms with Gasteiger partial charge < -0.3 is 10.5 Å². The summed E-state index contributed by atoms with van der Waals surface area (Å²) in [5.74, 6) is 0.617. The van der Waals surface area contributed by atoms with Crippen molar-refractivity contribution in [2.24, 2.45) is 0 Å². The van der Waals surface area contributed by atoms with E-state index in [1.165, 1.54) is 18.2 Å². The lowest BCUT2D eigenvalue weighted by molar-refractivity contribution is -0.384. The van der Waals surface area contributed by atoms with E-state index in [1.807, 2.05) is 0 Å². The van der Waals surface area contributed by atoms with Crippen molar-refractivity contribution in [3.63, 3.8) is 0 Å². The van der Waals surface area contributed by atoms with Crippen LogP contribution in [0.4, 0.5) is 11.4 Å². The predicted molar refractivity (Wildman–Crippen MR) is 71.6 cm³/mol. The number of pyridine rings is 1. The molecule has 0 bridgehead atoms. The van der Waals surface area contributed by atoms with Crippen molar-refractivity contribution < 1.29 is 9.66 Å². The Bertz CT molecular complexity index is 646. The van der Waals surface area contributed by atoms with Gasteiger partial charge in [0.2, 0.25) is 5.88 Å². The van der Waals surface area contributed by atoms with Crippen LogP contribution in [-0.4, -0.2) is 9.91 Å². The Morgan fingerprint density at radius 1 is 1.37 bits per heavy atom. The first kappa shape index (κ1) is 13.1. The molecule has 0 aliphatic heterocycles. The first-order valence-corrected chi connectivity index (χ1v) is 5.70. The van der Waals surface area contributed by atoms with Gasteiger partial charge in [-0.3, -0.25) is 10.1 Å². The van der Waals surface area contributed by atoms with Crippen LogP contribution in [0.3, 0.4) is 0 Å². The lowest BCUT2D eigenvalue weighted by Gasteiger charge is -2.07. The van der Waals surface area contributed by atoms with Crippen LogP contribution < -0.4 is 10.5 Å². The van der Waals surface area contributed by atoms with E-state index in [0.29, 0.717) is 23.0 Å². The molecule has 0 aliphatic carbocycles. The molecule has 0 fully saturated rings. The maximum atomic E-state index is 10.6. The second-order valence-corrected chi connectivity index (χ2v) is 4.21. The van der Waals surface area contributed by atoms with Crippen LogP contribution in [0.1, 0.15) is 5.69 Å².